The minimum absolute atomic E-state index is 0.200. The van der Waals surface area contributed by atoms with Crippen molar-refractivity contribution in [1.29, 1.82) is 0 Å². The van der Waals surface area contributed by atoms with Crippen LogP contribution in [0.15, 0.2) is 30.5 Å². The fourth-order valence-corrected chi connectivity index (χ4v) is 2.77. The van der Waals surface area contributed by atoms with Gasteiger partial charge < -0.3 is 19.7 Å². The Hall–Kier alpha value is -1.85. The largest absolute Gasteiger partial charge is 0.496 e. The predicted octanol–water partition coefficient (Wildman–Crippen LogP) is 1.67. The van der Waals surface area contributed by atoms with Crippen LogP contribution in [0.2, 0.25) is 0 Å². The molecule has 112 valence electrons. The topological polar surface area (TPSA) is 46.6 Å². The molecule has 2 aromatic rings. The Balaban J connectivity index is 1.88. The number of ether oxygens (including phenoxy) is 2. The first-order valence-corrected chi connectivity index (χ1v) is 7.25. The number of nitrogens with zero attached hydrogens (tertiary/aromatic N) is 2. The average molecular weight is 287 g/mol. The molecule has 1 aromatic carbocycles. The molecule has 0 saturated carbocycles. The molecular formula is C16H21N3O2. The summed E-state index contributed by atoms with van der Waals surface area (Å²) in [5.74, 6) is 1.83. The highest BCUT2D eigenvalue weighted by atomic mass is 16.5. The summed E-state index contributed by atoms with van der Waals surface area (Å²) < 4.78 is 11.2. The van der Waals surface area contributed by atoms with Crippen molar-refractivity contribution in [3.63, 3.8) is 0 Å². The highest BCUT2D eigenvalue weighted by Gasteiger charge is 2.18. The van der Waals surface area contributed by atoms with Crippen molar-refractivity contribution < 1.29 is 9.47 Å². The van der Waals surface area contributed by atoms with Gasteiger partial charge in [0.2, 0.25) is 0 Å². The molecule has 3 rings (SSSR count). The van der Waals surface area contributed by atoms with Crippen LogP contribution in [-0.2, 0) is 4.74 Å². The molecule has 5 nitrogen and oxygen atoms in total. The highest BCUT2D eigenvalue weighted by Crippen LogP contribution is 2.30. The van der Waals surface area contributed by atoms with Crippen molar-refractivity contribution in [1.82, 2.24) is 10.3 Å². The number of rotatable bonds is 4. The Morgan fingerprint density at radius 3 is 3.05 bits per heavy atom. The highest BCUT2D eigenvalue weighted by molar-refractivity contribution is 5.96. The molecule has 0 amide bonds. The van der Waals surface area contributed by atoms with E-state index < -0.39 is 0 Å². The van der Waals surface area contributed by atoms with Gasteiger partial charge in [-0.15, -0.1) is 0 Å². The summed E-state index contributed by atoms with van der Waals surface area (Å²) in [5, 5.41) is 5.54. The molecule has 1 atom stereocenters. The summed E-state index contributed by atoms with van der Waals surface area (Å²) in [6, 6.07) is 8.04. The Morgan fingerprint density at radius 2 is 2.29 bits per heavy atom. The first-order valence-electron chi connectivity index (χ1n) is 7.25. The molecule has 5 heteroatoms. The van der Waals surface area contributed by atoms with Crippen molar-refractivity contribution >= 4 is 16.6 Å². The number of hydrogen-bond donors (Lipinski definition) is 1. The molecular weight excluding hydrogens is 266 g/mol. The van der Waals surface area contributed by atoms with Gasteiger partial charge in [-0.25, -0.2) is 4.98 Å². The van der Waals surface area contributed by atoms with E-state index in [0.717, 1.165) is 48.6 Å². The average Bonchev–Trinajstić information content (AvgIpc) is 2.54. The fourth-order valence-electron chi connectivity index (χ4n) is 2.77. The fraction of sp³-hybridized carbons (Fsp3) is 0.438. The van der Waals surface area contributed by atoms with E-state index in [2.05, 4.69) is 28.3 Å². The molecule has 0 radical (unpaired) electrons. The summed E-state index contributed by atoms with van der Waals surface area (Å²) >= 11 is 0. The van der Waals surface area contributed by atoms with Gasteiger partial charge in [0.1, 0.15) is 11.6 Å². The molecule has 1 unspecified atom stereocenters. The molecule has 1 fully saturated rings. The maximum atomic E-state index is 5.77. The molecule has 1 N–H and O–H groups in total. The van der Waals surface area contributed by atoms with Gasteiger partial charge in [-0.05, 0) is 12.1 Å². The van der Waals surface area contributed by atoms with Crippen LogP contribution >= 0.6 is 0 Å². The first kappa shape index (κ1) is 14.1. The van der Waals surface area contributed by atoms with E-state index in [1.807, 2.05) is 24.4 Å². The van der Waals surface area contributed by atoms with Gasteiger partial charge in [-0.3, -0.25) is 0 Å². The maximum absolute atomic E-state index is 5.77. The lowest BCUT2D eigenvalue weighted by atomic mass is 10.1. The number of aromatic nitrogens is 1. The Bertz CT molecular complexity index is 611. The lowest BCUT2D eigenvalue weighted by molar-refractivity contribution is 0.0339. The van der Waals surface area contributed by atoms with Gasteiger partial charge in [0.15, 0.2) is 0 Å². The standard InChI is InChI=1S/C16H21N3O2/c1-19(11-12-10-17-8-9-21-12)16-14-4-3-5-15(20-2)13(14)6-7-18-16/h3-7,12,17H,8-11H2,1-2H3. The van der Waals surface area contributed by atoms with Gasteiger partial charge >= 0.3 is 0 Å². The maximum Gasteiger partial charge on any atom is 0.136 e. The van der Waals surface area contributed by atoms with Crippen LogP contribution in [-0.4, -0.2) is 51.5 Å². The number of morpholine rings is 1. The molecule has 1 aliphatic heterocycles. The van der Waals surface area contributed by atoms with Gasteiger partial charge in [0, 0.05) is 43.7 Å². The zero-order chi connectivity index (χ0) is 14.7. The number of methoxy groups -OCH3 is 1. The summed E-state index contributed by atoms with van der Waals surface area (Å²) in [6.07, 6.45) is 2.03. The van der Waals surface area contributed by atoms with Crippen molar-refractivity contribution in [2.45, 2.75) is 6.10 Å². The molecule has 0 bridgehead atoms. The minimum Gasteiger partial charge on any atom is -0.496 e. The van der Waals surface area contributed by atoms with Crippen LogP contribution in [0, 0.1) is 0 Å². The molecule has 1 saturated heterocycles. The van der Waals surface area contributed by atoms with E-state index in [-0.39, 0.29) is 6.10 Å². The number of likely N-dealkylation sites (N-methyl/N-ethyl adjacent to an activating group) is 1. The summed E-state index contributed by atoms with van der Waals surface area (Å²) in [4.78, 5) is 6.69. The zero-order valence-electron chi connectivity index (χ0n) is 12.5. The van der Waals surface area contributed by atoms with E-state index in [1.165, 1.54) is 0 Å². The lowest BCUT2D eigenvalue weighted by Gasteiger charge is -2.29. The minimum atomic E-state index is 0.200. The van der Waals surface area contributed by atoms with Crippen LogP contribution in [0.5, 0.6) is 5.75 Å². The second kappa shape index (κ2) is 6.28. The van der Waals surface area contributed by atoms with Crippen molar-refractivity contribution in [2.75, 3.05) is 45.3 Å². The quantitative estimate of drug-likeness (QED) is 0.927. The second-order valence-corrected chi connectivity index (χ2v) is 5.27. The van der Waals surface area contributed by atoms with E-state index >= 15 is 0 Å². The van der Waals surface area contributed by atoms with E-state index in [0.29, 0.717) is 0 Å². The SMILES string of the molecule is COc1cccc2c(N(C)CC3CNCCO3)nccc12. The normalized spacial score (nSPS) is 18.7. The summed E-state index contributed by atoms with van der Waals surface area (Å²) in [6.45, 7) is 3.41. The Kier molecular flexibility index (Phi) is 4.22. The summed E-state index contributed by atoms with van der Waals surface area (Å²) in [5.41, 5.74) is 0. The zero-order valence-corrected chi connectivity index (χ0v) is 12.5. The van der Waals surface area contributed by atoms with Crippen molar-refractivity contribution in [2.24, 2.45) is 0 Å². The number of fused-ring (bicyclic) bond motifs is 1. The number of hydrogen-bond acceptors (Lipinski definition) is 5. The van der Waals surface area contributed by atoms with Crippen molar-refractivity contribution in [3.05, 3.63) is 30.5 Å². The number of anilines is 1. The van der Waals surface area contributed by atoms with Gasteiger partial charge in [0.05, 0.1) is 19.8 Å². The van der Waals surface area contributed by atoms with Gasteiger partial charge in [-0.1, -0.05) is 12.1 Å². The van der Waals surface area contributed by atoms with Crippen LogP contribution in [0.4, 0.5) is 5.82 Å². The van der Waals surface area contributed by atoms with Gasteiger partial charge in [0.25, 0.3) is 0 Å². The molecule has 1 aromatic heterocycles. The molecule has 2 heterocycles. The number of nitrogens with one attached hydrogen (secondary N) is 1. The monoisotopic (exact) mass is 287 g/mol. The third-order valence-corrected chi connectivity index (χ3v) is 3.81. The lowest BCUT2D eigenvalue weighted by Crippen LogP contribution is -2.44. The third kappa shape index (κ3) is 2.94. The van der Waals surface area contributed by atoms with Crippen LogP contribution in [0.1, 0.15) is 0 Å². The smallest absolute Gasteiger partial charge is 0.136 e. The third-order valence-electron chi connectivity index (χ3n) is 3.81. The van der Waals surface area contributed by atoms with Crippen LogP contribution < -0.4 is 15.0 Å². The Morgan fingerprint density at radius 1 is 1.38 bits per heavy atom. The Labute approximate surface area is 124 Å². The van der Waals surface area contributed by atoms with Crippen LogP contribution in [0.3, 0.4) is 0 Å². The van der Waals surface area contributed by atoms with Gasteiger partial charge in [-0.2, -0.15) is 0 Å². The van der Waals surface area contributed by atoms with E-state index in [4.69, 9.17) is 9.47 Å². The van der Waals surface area contributed by atoms with E-state index in [1.54, 1.807) is 7.11 Å². The molecule has 21 heavy (non-hydrogen) atoms. The molecule has 1 aliphatic rings. The summed E-state index contributed by atoms with van der Waals surface area (Å²) in [7, 11) is 3.75. The predicted molar refractivity (Wildman–Crippen MR) is 84.2 cm³/mol. The molecule has 0 aliphatic carbocycles. The second-order valence-electron chi connectivity index (χ2n) is 5.27. The van der Waals surface area contributed by atoms with E-state index in [9.17, 15) is 0 Å². The van der Waals surface area contributed by atoms with Crippen molar-refractivity contribution in [3.8, 4) is 5.75 Å². The van der Waals surface area contributed by atoms with Crippen LogP contribution in [0.25, 0.3) is 10.8 Å². The molecule has 0 spiro atoms. The number of pyridine rings is 1. The number of benzene rings is 1. The first-order chi connectivity index (χ1) is 10.3.